The topological polar surface area (TPSA) is 184 Å². The second kappa shape index (κ2) is 10.7. The van der Waals surface area contributed by atoms with Gasteiger partial charge in [-0.1, -0.05) is 28.1 Å². The number of carboxylic acids is 1. The third kappa shape index (κ3) is 5.07. The number of nitrogens with one attached hydrogen (secondary N) is 2. The van der Waals surface area contributed by atoms with Crippen LogP contribution in [-0.4, -0.2) is 73.0 Å². The van der Waals surface area contributed by atoms with Crippen LogP contribution in [0.2, 0.25) is 4.34 Å². The van der Waals surface area contributed by atoms with Crippen LogP contribution in [0.4, 0.5) is 5.13 Å². The number of aromatic amines is 1. The van der Waals surface area contributed by atoms with Gasteiger partial charge in [0.05, 0.1) is 16.6 Å². The number of carboxylic acid groups (broad SMARTS) is 1. The number of fused-ring (bicyclic) bond motifs is 2. The first kappa shape index (κ1) is 26.6. The number of aldehydes is 1. The molecule has 5 rings (SSSR count). The number of nitrogen functional groups attached to an aromatic ring is 1. The van der Waals surface area contributed by atoms with Crippen LogP contribution in [0.15, 0.2) is 47.1 Å². The third-order valence-electron chi connectivity index (χ3n) is 6.11. The first-order chi connectivity index (χ1) is 18.7. The molecule has 1 fully saturated rings. The Morgan fingerprint density at radius 3 is 2.97 bits per heavy atom. The molecule has 3 aromatic heterocycles. The van der Waals surface area contributed by atoms with Crippen LogP contribution in [-0.2, 0) is 30.6 Å². The minimum atomic E-state index is -1.37. The van der Waals surface area contributed by atoms with E-state index >= 15 is 0 Å². The SMILES string of the molecule is C[C@H](O/N=C(\C(=O)NC1C(=O)N2C(C=O)=C(C[n+]3ccc4[nH]ccc4c3)CSC12)c1nc(N)sc1Cl)C(=O)O. The molecule has 3 atom stereocenters. The van der Waals surface area contributed by atoms with Crippen LogP contribution in [0.5, 0.6) is 0 Å². The molecule has 3 aromatic rings. The van der Waals surface area contributed by atoms with Gasteiger partial charge in [0.2, 0.25) is 6.10 Å². The summed E-state index contributed by atoms with van der Waals surface area (Å²) in [5, 5.41) is 15.9. The van der Waals surface area contributed by atoms with Crippen molar-refractivity contribution in [2.75, 3.05) is 11.5 Å². The summed E-state index contributed by atoms with van der Waals surface area (Å²) in [7, 11) is 0. The lowest BCUT2D eigenvalue weighted by atomic mass is 10.0. The predicted octanol–water partition coefficient (Wildman–Crippen LogP) is 0.894. The first-order valence-corrected chi connectivity index (χ1v) is 13.7. The normalized spacial score (nSPS) is 19.9. The van der Waals surface area contributed by atoms with Gasteiger partial charge in [-0.25, -0.2) is 14.3 Å². The van der Waals surface area contributed by atoms with E-state index in [1.807, 2.05) is 35.3 Å². The number of carbonyl (C=O) groups is 4. The lowest BCUT2D eigenvalue weighted by molar-refractivity contribution is -0.687. The molecule has 0 bridgehead atoms. The van der Waals surface area contributed by atoms with E-state index in [9.17, 15) is 19.2 Å². The molecule has 2 aliphatic rings. The molecule has 202 valence electrons. The van der Waals surface area contributed by atoms with Gasteiger partial charge in [-0.05, 0) is 13.0 Å². The van der Waals surface area contributed by atoms with Crippen LogP contribution >= 0.6 is 34.7 Å². The van der Waals surface area contributed by atoms with Crippen LogP contribution in [0.1, 0.15) is 12.6 Å². The van der Waals surface area contributed by atoms with Gasteiger partial charge >= 0.3 is 5.97 Å². The van der Waals surface area contributed by atoms with E-state index in [1.54, 1.807) is 0 Å². The Bertz CT molecular complexity index is 1570. The zero-order valence-electron chi connectivity index (χ0n) is 20.2. The summed E-state index contributed by atoms with van der Waals surface area (Å²) in [6, 6.07) is 2.90. The molecule has 2 unspecified atom stereocenters. The Labute approximate surface area is 233 Å². The van der Waals surface area contributed by atoms with Crippen LogP contribution < -0.4 is 15.6 Å². The summed E-state index contributed by atoms with van der Waals surface area (Å²) in [5.41, 5.74) is 7.16. The number of thiazole rings is 1. The van der Waals surface area contributed by atoms with Gasteiger partial charge in [0.1, 0.15) is 21.4 Å². The number of rotatable bonds is 9. The molecule has 16 heteroatoms. The van der Waals surface area contributed by atoms with Gasteiger partial charge in [0, 0.05) is 23.6 Å². The molecule has 5 heterocycles. The van der Waals surface area contributed by atoms with Crippen molar-refractivity contribution in [1.29, 1.82) is 0 Å². The summed E-state index contributed by atoms with van der Waals surface area (Å²) >= 11 is 8.44. The number of nitrogens with zero attached hydrogens (tertiary/aromatic N) is 4. The number of β-lactam (4-membered cyclic amide) rings is 1. The fourth-order valence-corrected chi connectivity index (χ4v) is 6.41. The van der Waals surface area contributed by atoms with Crippen molar-refractivity contribution in [2.45, 2.75) is 31.0 Å². The molecule has 0 aliphatic carbocycles. The Balaban J connectivity index is 1.34. The molecule has 39 heavy (non-hydrogen) atoms. The molecule has 0 saturated carbocycles. The van der Waals surface area contributed by atoms with E-state index in [-0.39, 0.29) is 20.9 Å². The van der Waals surface area contributed by atoms with Crippen molar-refractivity contribution < 1.29 is 33.7 Å². The largest absolute Gasteiger partial charge is 0.478 e. The number of halogens is 1. The highest BCUT2D eigenvalue weighted by atomic mass is 35.5. The molecule has 5 N–H and O–H groups in total. The van der Waals surface area contributed by atoms with Gasteiger partial charge in [-0.3, -0.25) is 19.3 Å². The fraction of sp³-hybridized carbons (Fsp3) is 0.261. The zero-order valence-corrected chi connectivity index (χ0v) is 22.5. The number of nitrogens with two attached hydrogens (primary N) is 1. The van der Waals surface area contributed by atoms with Crippen molar-refractivity contribution in [3.8, 4) is 0 Å². The standard InChI is InChI=1S/C23H20ClN7O6S2/c1-10(22(35)36)37-29-16(15-18(24)39-23(25)28-15)19(33)27-17-20(34)31-14(8-32)12(9-38-21(17)31)7-30-5-3-13-11(6-30)2-4-26-13/h2-6,8,10,17,21H,7,9H2,1H3,(H4,25,27,28,33,35,36)/p+1/b29-16-/t10-,17?,21?/m0/s1. The molecule has 0 spiro atoms. The molecule has 0 aromatic carbocycles. The summed E-state index contributed by atoms with van der Waals surface area (Å²) in [5.74, 6) is -2.19. The van der Waals surface area contributed by atoms with Crippen molar-refractivity contribution in [3.63, 3.8) is 0 Å². The molecular formula is C23H21ClN7O6S2+. The van der Waals surface area contributed by atoms with Crippen LogP contribution in [0.3, 0.4) is 0 Å². The fourth-order valence-electron chi connectivity index (χ4n) is 4.12. The molecular weight excluding hydrogens is 570 g/mol. The predicted molar refractivity (Wildman–Crippen MR) is 143 cm³/mol. The Hall–Kier alpha value is -3.95. The summed E-state index contributed by atoms with van der Waals surface area (Å²) < 4.78 is 1.97. The van der Waals surface area contributed by atoms with Crippen molar-refractivity contribution >= 4 is 80.5 Å². The first-order valence-electron chi connectivity index (χ1n) is 11.5. The molecule has 2 amide bonds. The number of H-pyrrole nitrogens is 1. The lowest BCUT2D eigenvalue weighted by Crippen LogP contribution is -2.70. The van der Waals surface area contributed by atoms with Crippen LogP contribution in [0.25, 0.3) is 10.9 Å². The van der Waals surface area contributed by atoms with Gasteiger partial charge in [0.25, 0.3) is 11.8 Å². The summed E-state index contributed by atoms with van der Waals surface area (Å²) in [4.78, 5) is 62.9. The minimum Gasteiger partial charge on any atom is -0.478 e. The Morgan fingerprint density at radius 1 is 1.49 bits per heavy atom. The third-order valence-corrected chi connectivity index (χ3v) is 8.53. The van der Waals surface area contributed by atoms with E-state index in [0.29, 0.717) is 18.6 Å². The molecule has 1 saturated heterocycles. The van der Waals surface area contributed by atoms with E-state index in [1.165, 1.54) is 23.6 Å². The van der Waals surface area contributed by atoms with E-state index in [4.69, 9.17) is 27.3 Å². The average molecular weight is 591 g/mol. The number of pyridine rings is 1. The highest BCUT2D eigenvalue weighted by molar-refractivity contribution is 8.00. The average Bonchev–Trinajstić information content (AvgIpc) is 3.51. The second-order valence-electron chi connectivity index (χ2n) is 8.63. The van der Waals surface area contributed by atoms with Gasteiger partial charge in [-0.15, -0.1) is 11.8 Å². The maximum Gasteiger partial charge on any atom is 0.347 e. The van der Waals surface area contributed by atoms with Crippen LogP contribution in [0, 0.1) is 0 Å². The van der Waals surface area contributed by atoms with E-state index in [2.05, 4.69) is 20.4 Å². The number of aliphatic carboxylic acids is 1. The van der Waals surface area contributed by atoms with E-state index in [0.717, 1.165) is 27.8 Å². The molecule has 0 radical (unpaired) electrons. The summed E-state index contributed by atoms with van der Waals surface area (Å²) in [6.45, 7) is 1.64. The maximum atomic E-state index is 13.2. The summed E-state index contributed by atoms with van der Waals surface area (Å²) in [6.07, 6.45) is 4.96. The van der Waals surface area contributed by atoms with E-state index < -0.39 is 41.0 Å². The zero-order chi connectivity index (χ0) is 27.8. The monoisotopic (exact) mass is 590 g/mol. The number of hydrogen-bond acceptors (Lipinski definition) is 10. The Morgan fingerprint density at radius 2 is 2.28 bits per heavy atom. The number of hydrogen-bond donors (Lipinski definition) is 4. The highest BCUT2D eigenvalue weighted by Crippen LogP contribution is 2.39. The minimum absolute atomic E-state index is 0.0349. The van der Waals surface area contributed by atoms with Crippen molar-refractivity contribution in [3.05, 3.63) is 52.0 Å². The van der Waals surface area contributed by atoms with Gasteiger partial charge in [0.15, 0.2) is 36.1 Å². The lowest BCUT2D eigenvalue weighted by Gasteiger charge is -2.49. The Kier molecular flexibility index (Phi) is 7.29. The maximum absolute atomic E-state index is 13.2. The number of amides is 2. The van der Waals surface area contributed by atoms with Gasteiger partial charge in [-0.2, -0.15) is 0 Å². The van der Waals surface area contributed by atoms with Crippen molar-refractivity contribution in [1.82, 2.24) is 20.2 Å². The number of thioether (sulfide) groups is 1. The van der Waals surface area contributed by atoms with Crippen molar-refractivity contribution in [2.24, 2.45) is 5.16 Å². The second-order valence-corrected chi connectivity index (χ2v) is 11.4. The number of anilines is 1. The highest BCUT2D eigenvalue weighted by Gasteiger charge is 2.53. The number of oxime groups is 1. The number of carbonyl (C=O) groups excluding carboxylic acids is 3. The molecule has 13 nitrogen and oxygen atoms in total. The van der Waals surface area contributed by atoms with Gasteiger partial charge < -0.3 is 26.0 Å². The molecule has 2 aliphatic heterocycles. The number of aromatic nitrogens is 3. The smallest absolute Gasteiger partial charge is 0.347 e. The number of allylic oxidation sites excluding steroid dienone is 1. The quantitative estimate of drug-likeness (QED) is 0.0924.